The number of benzene rings is 2. The van der Waals surface area contributed by atoms with Crippen molar-refractivity contribution < 1.29 is 19.1 Å². The summed E-state index contributed by atoms with van der Waals surface area (Å²) in [4.78, 5) is 39.1. The van der Waals surface area contributed by atoms with Gasteiger partial charge in [0.25, 0.3) is 5.91 Å². The molecule has 0 saturated heterocycles. The van der Waals surface area contributed by atoms with Crippen molar-refractivity contribution in [1.29, 1.82) is 0 Å². The second-order valence-electron chi connectivity index (χ2n) is 8.70. The van der Waals surface area contributed by atoms with E-state index in [0.717, 1.165) is 21.6 Å². The summed E-state index contributed by atoms with van der Waals surface area (Å²) in [7, 11) is 0. The topological polar surface area (TPSA) is 87.7 Å². The standard InChI is InChI=1S/C26H31N3O4/c1-7-29(22(30)17-28-25(32)33-26(4,5)6)23(21-14-13-18(2)19(3)15-21)24(31)27-16-20-11-9-8-10-12-20/h1,8-15,23H,16-17H2,2-6H3,(H,27,31)(H,28,32). The number of terminal acetylenes is 1. The monoisotopic (exact) mass is 449 g/mol. The molecule has 1 atom stereocenters. The van der Waals surface area contributed by atoms with Crippen molar-refractivity contribution in [3.8, 4) is 12.5 Å². The molecule has 2 aromatic carbocycles. The van der Waals surface area contributed by atoms with Gasteiger partial charge in [0.05, 0.1) is 0 Å². The van der Waals surface area contributed by atoms with E-state index in [1.807, 2.05) is 56.3 Å². The average Bonchev–Trinajstić information content (AvgIpc) is 2.75. The molecule has 0 heterocycles. The summed E-state index contributed by atoms with van der Waals surface area (Å²) in [6, 6.07) is 16.2. The number of hydrogen-bond acceptors (Lipinski definition) is 4. The van der Waals surface area contributed by atoms with Crippen LogP contribution in [0.15, 0.2) is 48.5 Å². The Labute approximate surface area is 195 Å². The van der Waals surface area contributed by atoms with Crippen molar-refractivity contribution in [3.63, 3.8) is 0 Å². The summed E-state index contributed by atoms with van der Waals surface area (Å²) in [6.45, 7) is 8.90. The summed E-state index contributed by atoms with van der Waals surface area (Å²) < 4.78 is 5.16. The first kappa shape index (κ1) is 25.5. The molecule has 3 amide bonds. The van der Waals surface area contributed by atoms with Gasteiger partial charge in [0.2, 0.25) is 5.91 Å². The van der Waals surface area contributed by atoms with Gasteiger partial charge >= 0.3 is 6.09 Å². The lowest BCUT2D eigenvalue weighted by Crippen LogP contribution is -2.45. The van der Waals surface area contributed by atoms with Crippen LogP contribution in [0, 0.1) is 26.3 Å². The predicted molar refractivity (Wildman–Crippen MR) is 127 cm³/mol. The van der Waals surface area contributed by atoms with Crippen molar-refractivity contribution in [2.45, 2.75) is 52.8 Å². The lowest BCUT2D eigenvalue weighted by Gasteiger charge is -2.27. The number of ether oxygens (including phenoxy) is 1. The fourth-order valence-electron chi connectivity index (χ4n) is 3.07. The number of nitrogens with one attached hydrogen (secondary N) is 2. The van der Waals surface area contributed by atoms with Crippen LogP contribution in [0.3, 0.4) is 0 Å². The van der Waals surface area contributed by atoms with Crippen molar-refractivity contribution >= 4 is 17.9 Å². The molecule has 0 aliphatic carbocycles. The van der Waals surface area contributed by atoms with Crippen LogP contribution in [0.1, 0.15) is 49.1 Å². The molecule has 2 rings (SSSR count). The lowest BCUT2D eigenvalue weighted by atomic mass is 9.99. The fraction of sp³-hybridized carbons (Fsp3) is 0.346. The van der Waals surface area contributed by atoms with Gasteiger partial charge in [0, 0.05) is 12.6 Å². The molecular formula is C26H31N3O4. The van der Waals surface area contributed by atoms with Crippen LogP contribution < -0.4 is 10.6 Å². The largest absolute Gasteiger partial charge is 0.444 e. The molecule has 33 heavy (non-hydrogen) atoms. The predicted octanol–water partition coefficient (Wildman–Crippen LogP) is 3.60. The minimum absolute atomic E-state index is 0.282. The minimum Gasteiger partial charge on any atom is -0.444 e. The van der Waals surface area contributed by atoms with Crippen LogP contribution in [-0.4, -0.2) is 35.0 Å². The van der Waals surface area contributed by atoms with E-state index in [1.165, 1.54) is 0 Å². The molecule has 2 N–H and O–H groups in total. The molecule has 7 nitrogen and oxygen atoms in total. The molecule has 0 aromatic heterocycles. The second-order valence-corrected chi connectivity index (χ2v) is 8.70. The van der Waals surface area contributed by atoms with Gasteiger partial charge in [-0.1, -0.05) is 55.0 Å². The van der Waals surface area contributed by atoms with Gasteiger partial charge in [-0.3, -0.25) is 14.5 Å². The number of carbonyl (C=O) groups is 3. The van der Waals surface area contributed by atoms with Gasteiger partial charge in [0.15, 0.2) is 0 Å². The van der Waals surface area contributed by atoms with Gasteiger partial charge in [-0.25, -0.2) is 4.79 Å². The highest BCUT2D eigenvalue weighted by Gasteiger charge is 2.31. The Kier molecular flexibility index (Phi) is 8.63. The highest BCUT2D eigenvalue weighted by atomic mass is 16.6. The first-order chi connectivity index (χ1) is 15.5. The normalized spacial score (nSPS) is 11.6. The maximum atomic E-state index is 13.2. The van der Waals surface area contributed by atoms with E-state index in [2.05, 4.69) is 16.7 Å². The van der Waals surface area contributed by atoms with Crippen LogP contribution >= 0.6 is 0 Å². The average molecular weight is 450 g/mol. The number of aryl methyl sites for hydroxylation is 2. The Balaban J connectivity index is 2.25. The molecule has 0 aliphatic rings. The van der Waals surface area contributed by atoms with E-state index in [0.29, 0.717) is 5.56 Å². The minimum atomic E-state index is -1.06. The Hall–Kier alpha value is -3.79. The zero-order valence-corrected chi connectivity index (χ0v) is 19.8. The smallest absolute Gasteiger partial charge is 0.408 e. The molecule has 174 valence electrons. The highest BCUT2D eigenvalue weighted by Crippen LogP contribution is 2.23. The van der Waals surface area contributed by atoms with Crippen molar-refractivity contribution in [3.05, 3.63) is 70.8 Å². The maximum absolute atomic E-state index is 13.2. The van der Waals surface area contributed by atoms with Crippen LogP contribution in [-0.2, 0) is 20.9 Å². The third kappa shape index (κ3) is 7.69. The molecule has 0 spiro atoms. The molecule has 7 heteroatoms. The van der Waals surface area contributed by atoms with Gasteiger partial charge < -0.3 is 15.4 Å². The third-order valence-corrected chi connectivity index (χ3v) is 4.85. The first-order valence-corrected chi connectivity index (χ1v) is 10.7. The van der Waals surface area contributed by atoms with E-state index >= 15 is 0 Å². The summed E-state index contributed by atoms with van der Waals surface area (Å²) >= 11 is 0. The number of alkyl carbamates (subject to hydrolysis) is 1. The quantitative estimate of drug-likeness (QED) is 0.499. The van der Waals surface area contributed by atoms with Gasteiger partial charge in [0.1, 0.15) is 18.2 Å². The second kappa shape index (κ2) is 11.2. The summed E-state index contributed by atoms with van der Waals surface area (Å²) in [6.07, 6.45) is 4.92. The Bertz CT molecular complexity index is 1040. The Morgan fingerprint density at radius 2 is 1.70 bits per heavy atom. The van der Waals surface area contributed by atoms with Crippen LogP contribution in [0.2, 0.25) is 0 Å². The lowest BCUT2D eigenvalue weighted by molar-refractivity contribution is -0.136. The van der Waals surface area contributed by atoms with E-state index in [-0.39, 0.29) is 6.54 Å². The van der Waals surface area contributed by atoms with Gasteiger partial charge in [-0.2, -0.15) is 0 Å². The molecular weight excluding hydrogens is 418 g/mol. The Morgan fingerprint density at radius 3 is 2.27 bits per heavy atom. The molecule has 0 saturated carbocycles. The number of hydrogen-bond donors (Lipinski definition) is 2. The number of carbonyl (C=O) groups excluding carboxylic acids is 3. The molecule has 0 fully saturated rings. The fourth-order valence-corrected chi connectivity index (χ4v) is 3.07. The zero-order chi connectivity index (χ0) is 24.6. The van der Waals surface area contributed by atoms with Gasteiger partial charge in [-0.05, 0) is 56.9 Å². The maximum Gasteiger partial charge on any atom is 0.408 e. The van der Waals surface area contributed by atoms with Crippen LogP contribution in [0.4, 0.5) is 4.79 Å². The molecule has 0 bridgehead atoms. The van der Waals surface area contributed by atoms with E-state index in [9.17, 15) is 14.4 Å². The highest BCUT2D eigenvalue weighted by molar-refractivity contribution is 5.91. The summed E-state index contributed by atoms with van der Waals surface area (Å²) in [5.41, 5.74) is 2.79. The van der Waals surface area contributed by atoms with Crippen molar-refractivity contribution in [2.24, 2.45) is 0 Å². The number of nitrogens with zero attached hydrogens (tertiary/aromatic N) is 1. The summed E-state index contributed by atoms with van der Waals surface area (Å²) in [5.74, 6) is -1.04. The molecule has 2 aromatic rings. The zero-order valence-electron chi connectivity index (χ0n) is 19.8. The van der Waals surface area contributed by atoms with Crippen molar-refractivity contribution in [2.75, 3.05) is 6.54 Å². The van der Waals surface area contributed by atoms with Crippen LogP contribution in [0.25, 0.3) is 0 Å². The number of amides is 3. The SMILES string of the molecule is C#CN(C(=O)CNC(=O)OC(C)(C)C)C(C(=O)NCc1ccccc1)c1ccc(C)c(C)c1. The molecule has 1 unspecified atom stereocenters. The number of rotatable bonds is 7. The van der Waals surface area contributed by atoms with E-state index in [1.54, 1.807) is 26.8 Å². The van der Waals surface area contributed by atoms with Crippen molar-refractivity contribution in [1.82, 2.24) is 15.5 Å². The van der Waals surface area contributed by atoms with E-state index < -0.39 is 36.1 Å². The Morgan fingerprint density at radius 1 is 1.03 bits per heavy atom. The molecule has 0 radical (unpaired) electrons. The summed E-state index contributed by atoms with van der Waals surface area (Å²) in [5, 5.41) is 5.25. The molecule has 0 aliphatic heterocycles. The first-order valence-electron chi connectivity index (χ1n) is 10.7. The van der Waals surface area contributed by atoms with E-state index in [4.69, 9.17) is 11.2 Å². The third-order valence-electron chi connectivity index (χ3n) is 4.85. The van der Waals surface area contributed by atoms with Gasteiger partial charge in [-0.15, -0.1) is 0 Å². The van der Waals surface area contributed by atoms with Crippen LogP contribution in [0.5, 0.6) is 0 Å².